The summed E-state index contributed by atoms with van der Waals surface area (Å²) in [4.78, 5) is 14.5. The van der Waals surface area contributed by atoms with Gasteiger partial charge in [0.1, 0.15) is 0 Å². The number of benzene rings is 1. The molecular formula is C16H25N3O2. The van der Waals surface area contributed by atoms with Gasteiger partial charge >= 0.3 is 0 Å². The van der Waals surface area contributed by atoms with Crippen molar-refractivity contribution in [3.63, 3.8) is 0 Å². The molecule has 0 saturated carbocycles. The zero-order valence-electron chi connectivity index (χ0n) is 12.8. The topological polar surface area (TPSA) is 67.6 Å². The van der Waals surface area contributed by atoms with Crippen LogP contribution in [-0.2, 0) is 9.53 Å². The van der Waals surface area contributed by atoms with Crippen molar-refractivity contribution in [1.29, 1.82) is 0 Å². The highest BCUT2D eigenvalue weighted by Crippen LogP contribution is 2.17. The lowest BCUT2D eigenvalue weighted by Crippen LogP contribution is -2.49. The normalized spacial score (nSPS) is 21.0. The molecule has 0 spiro atoms. The van der Waals surface area contributed by atoms with Gasteiger partial charge in [0.25, 0.3) is 0 Å². The van der Waals surface area contributed by atoms with E-state index in [4.69, 9.17) is 10.5 Å². The molecule has 5 heteroatoms. The van der Waals surface area contributed by atoms with Gasteiger partial charge < -0.3 is 15.8 Å². The standard InChI is InChI=1S/C16H25N3O2/c1-3-21-15-8-5-9-19(11-15)12(2)16(20)18-14-7-4-6-13(17)10-14/h4,6-7,10,12,15H,3,5,8-9,11,17H2,1-2H3,(H,18,20). The van der Waals surface area contributed by atoms with E-state index in [-0.39, 0.29) is 18.1 Å². The largest absolute Gasteiger partial charge is 0.399 e. The predicted molar refractivity (Wildman–Crippen MR) is 85.2 cm³/mol. The van der Waals surface area contributed by atoms with E-state index in [1.807, 2.05) is 26.0 Å². The lowest BCUT2D eigenvalue weighted by atomic mass is 10.1. The van der Waals surface area contributed by atoms with E-state index in [1.165, 1.54) is 0 Å². The molecule has 3 N–H and O–H groups in total. The van der Waals surface area contributed by atoms with Crippen LogP contribution in [0.1, 0.15) is 26.7 Å². The average Bonchev–Trinajstić information content (AvgIpc) is 2.47. The molecule has 2 atom stereocenters. The summed E-state index contributed by atoms with van der Waals surface area (Å²) in [7, 11) is 0. The molecule has 0 aliphatic carbocycles. The number of likely N-dealkylation sites (tertiary alicyclic amines) is 1. The molecule has 5 nitrogen and oxygen atoms in total. The van der Waals surface area contributed by atoms with Crippen LogP contribution in [-0.4, -0.2) is 42.6 Å². The van der Waals surface area contributed by atoms with Gasteiger partial charge in [-0.3, -0.25) is 9.69 Å². The maximum Gasteiger partial charge on any atom is 0.241 e. The summed E-state index contributed by atoms with van der Waals surface area (Å²) in [5.74, 6) is -0.00208. The fourth-order valence-corrected chi connectivity index (χ4v) is 2.72. The molecule has 1 saturated heterocycles. The second-order valence-corrected chi connectivity index (χ2v) is 5.51. The number of carbonyl (C=O) groups is 1. The number of nitrogens with two attached hydrogens (primary N) is 1. The number of amides is 1. The highest BCUT2D eigenvalue weighted by molar-refractivity contribution is 5.94. The maximum absolute atomic E-state index is 12.4. The molecule has 0 bridgehead atoms. The number of carbonyl (C=O) groups excluding carboxylic acids is 1. The summed E-state index contributed by atoms with van der Waals surface area (Å²) in [6.07, 6.45) is 2.39. The lowest BCUT2D eigenvalue weighted by Gasteiger charge is -2.35. The van der Waals surface area contributed by atoms with Crippen molar-refractivity contribution < 1.29 is 9.53 Å². The minimum atomic E-state index is -0.172. The van der Waals surface area contributed by atoms with Crippen LogP contribution in [0.15, 0.2) is 24.3 Å². The summed E-state index contributed by atoms with van der Waals surface area (Å²) >= 11 is 0. The van der Waals surface area contributed by atoms with Crippen LogP contribution < -0.4 is 11.1 Å². The SMILES string of the molecule is CCOC1CCCN(C(C)C(=O)Nc2cccc(N)c2)C1. The Hall–Kier alpha value is -1.59. The third-order valence-electron chi connectivity index (χ3n) is 3.89. The van der Waals surface area contributed by atoms with Gasteiger partial charge in [-0.1, -0.05) is 6.07 Å². The highest BCUT2D eigenvalue weighted by atomic mass is 16.5. The van der Waals surface area contributed by atoms with E-state index in [9.17, 15) is 4.79 Å². The summed E-state index contributed by atoms with van der Waals surface area (Å²) < 4.78 is 5.69. The van der Waals surface area contributed by atoms with Crippen molar-refractivity contribution in [2.24, 2.45) is 0 Å². The number of hydrogen-bond donors (Lipinski definition) is 2. The minimum Gasteiger partial charge on any atom is -0.399 e. The molecule has 21 heavy (non-hydrogen) atoms. The molecule has 1 heterocycles. The second kappa shape index (κ2) is 7.43. The van der Waals surface area contributed by atoms with Gasteiger partial charge in [-0.05, 0) is 51.4 Å². The van der Waals surface area contributed by atoms with E-state index in [1.54, 1.807) is 12.1 Å². The predicted octanol–water partition coefficient (Wildman–Crippen LogP) is 2.10. The average molecular weight is 291 g/mol. The second-order valence-electron chi connectivity index (χ2n) is 5.51. The van der Waals surface area contributed by atoms with E-state index in [2.05, 4.69) is 10.2 Å². The molecule has 1 amide bonds. The van der Waals surface area contributed by atoms with Gasteiger partial charge in [0.2, 0.25) is 5.91 Å². The van der Waals surface area contributed by atoms with Gasteiger partial charge in [-0.25, -0.2) is 0 Å². The number of hydrogen-bond acceptors (Lipinski definition) is 4. The molecule has 1 fully saturated rings. The van der Waals surface area contributed by atoms with Crippen LogP contribution in [0.4, 0.5) is 11.4 Å². The van der Waals surface area contributed by atoms with Gasteiger partial charge in [-0.15, -0.1) is 0 Å². The molecule has 1 aromatic rings. The minimum absolute atomic E-state index is 0.00208. The zero-order chi connectivity index (χ0) is 15.2. The molecule has 116 valence electrons. The van der Waals surface area contributed by atoms with Crippen molar-refractivity contribution in [1.82, 2.24) is 4.90 Å². The Morgan fingerprint density at radius 2 is 2.38 bits per heavy atom. The van der Waals surface area contributed by atoms with Gasteiger partial charge in [-0.2, -0.15) is 0 Å². The van der Waals surface area contributed by atoms with E-state index in [0.717, 1.165) is 38.2 Å². The van der Waals surface area contributed by atoms with Crippen molar-refractivity contribution in [3.05, 3.63) is 24.3 Å². The van der Waals surface area contributed by atoms with E-state index < -0.39 is 0 Å². The molecule has 1 aromatic carbocycles. The summed E-state index contributed by atoms with van der Waals surface area (Å²) in [6, 6.07) is 7.08. The Morgan fingerprint density at radius 3 is 3.10 bits per heavy atom. The number of nitrogen functional groups attached to an aromatic ring is 1. The first kappa shape index (κ1) is 15.8. The Morgan fingerprint density at radius 1 is 1.57 bits per heavy atom. The number of rotatable bonds is 5. The van der Waals surface area contributed by atoms with Crippen molar-refractivity contribution in [3.8, 4) is 0 Å². The number of nitrogens with zero attached hydrogens (tertiary/aromatic N) is 1. The van der Waals surface area contributed by atoms with Crippen LogP contribution in [0, 0.1) is 0 Å². The van der Waals surface area contributed by atoms with Crippen molar-refractivity contribution >= 4 is 17.3 Å². The summed E-state index contributed by atoms with van der Waals surface area (Å²) in [5, 5.41) is 2.93. The van der Waals surface area contributed by atoms with Crippen LogP contribution in [0.2, 0.25) is 0 Å². The Labute approximate surface area is 126 Å². The Kier molecular flexibility index (Phi) is 5.59. The van der Waals surface area contributed by atoms with Crippen molar-refractivity contribution in [2.45, 2.75) is 38.8 Å². The highest BCUT2D eigenvalue weighted by Gasteiger charge is 2.27. The molecule has 1 aliphatic rings. The van der Waals surface area contributed by atoms with Gasteiger partial charge in [0.05, 0.1) is 12.1 Å². The van der Waals surface area contributed by atoms with Crippen molar-refractivity contribution in [2.75, 3.05) is 30.7 Å². The van der Waals surface area contributed by atoms with Crippen LogP contribution >= 0.6 is 0 Å². The summed E-state index contributed by atoms with van der Waals surface area (Å²) in [6.45, 7) is 6.43. The smallest absolute Gasteiger partial charge is 0.241 e. The number of nitrogens with one attached hydrogen (secondary N) is 1. The first-order valence-corrected chi connectivity index (χ1v) is 7.62. The van der Waals surface area contributed by atoms with Crippen LogP contribution in [0.3, 0.4) is 0 Å². The molecule has 1 aliphatic heterocycles. The van der Waals surface area contributed by atoms with E-state index in [0.29, 0.717) is 5.69 Å². The third kappa shape index (κ3) is 4.44. The van der Waals surface area contributed by atoms with Crippen LogP contribution in [0.5, 0.6) is 0 Å². The zero-order valence-corrected chi connectivity index (χ0v) is 12.8. The third-order valence-corrected chi connectivity index (χ3v) is 3.89. The van der Waals surface area contributed by atoms with Gasteiger partial charge in [0.15, 0.2) is 0 Å². The monoisotopic (exact) mass is 291 g/mol. The lowest BCUT2D eigenvalue weighted by molar-refractivity contribution is -0.122. The molecule has 2 rings (SSSR count). The molecule has 2 unspecified atom stereocenters. The maximum atomic E-state index is 12.4. The fourth-order valence-electron chi connectivity index (χ4n) is 2.72. The van der Waals surface area contributed by atoms with E-state index >= 15 is 0 Å². The Balaban J connectivity index is 1.92. The number of anilines is 2. The van der Waals surface area contributed by atoms with Crippen LogP contribution in [0.25, 0.3) is 0 Å². The fraction of sp³-hybridized carbons (Fsp3) is 0.562. The first-order valence-electron chi connectivity index (χ1n) is 7.62. The molecule has 0 radical (unpaired) electrons. The number of ether oxygens (including phenoxy) is 1. The molecule has 0 aromatic heterocycles. The first-order chi connectivity index (χ1) is 10.1. The Bertz CT molecular complexity index is 476. The quantitative estimate of drug-likeness (QED) is 0.815. The molecular weight excluding hydrogens is 266 g/mol. The summed E-state index contributed by atoms with van der Waals surface area (Å²) in [5.41, 5.74) is 7.12. The van der Waals surface area contributed by atoms with Gasteiger partial charge in [0, 0.05) is 24.5 Å². The number of piperidine rings is 1.